The van der Waals surface area contributed by atoms with Crippen LogP contribution in [0.4, 0.5) is 0 Å². The molecule has 0 aliphatic carbocycles. The Labute approximate surface area is 173 Å². The number of carbonyl (C=O) groups is 1. The molecular weight excluding hydrogens is 394 g/mol. The molecule has 150 valence electrons. The van der Waals surface area contributed by atoms with Gasteiger partial charge in [-0.15, -0.1) is 0 Å². The van der Waals surface area contributed by atoms with Gasteiger partial charge in [0, 0.05) is 36.5 Å². The Bertz CT molecular complexity index is 1040. The van der Waals surface area contributed by atoms with Gasteiger partial charge in [0.05, 0.1) is 19.8 Å². The summed E-state index contributed by atoms with van der Waals surface area (Å²) in [7, 11) is 3.16. The molecule has 4 rings (SSSR count). The zero-order valence-electron chi connectivity index (χ0n) is 16.1. The van der Waals surface area contributed by atoms with E-state index in [4.69, 9.17) is 25.6 Å². The first kappa shape index (κ1) is 19.3. The average molecular weight is 414 g/mol. The number of likely N-dealkylation sites (tertiary alicyclic amines) is 1. The maximum absolute atomic E-state index is 12.5. The van der Waals surface area contributed by atoms with Crippen molar-refractivity contribution in [3.05, 3.63) is 58.9 Å². The molecule has 7 nitrogen and oxygen atoms in total. The van der Waals surface area contributed by atoms with Crippen LogP contribution in [0.2, 0.25) is 5.02 Å². The van der Waals surface area contributed by atoms with Crippen LogP contribution in [0.25, 0.3) is 11.5 Å². The maximum Gasteiger partial charge on any atom is 0.261 e. The predicted molar refractivity (Wildman–Crippen MR) is 107 cm³/mol. The number of amides is 1. The SMILES string of the molecule is COc1ccc(-c2nc(C3CC(=O)N(Cc4ccccc4Cl)C3)no2)c(OC)c1. The lowest BCUT2D eigenvalue weighted by atomic mass is 10.1. The van der Waals surface area contributed by atoms with E-state index in [1.165, 1.54) is 0 Å². The summed E-state index contributed by atoms with van der Waals surface area (Å²) in [4.78, 5) is 18.8. The Morgan fingerprint density at radius 3 is 2.79 bits per heavy atom. The number of rotatable bonds is 6. The van der Waals surface area contributed by atoms with Crippen LogP contribution in [0.1, 0.15) is 23.7 Å². The summed E-state index contributed by atoms with van der Waals surface area (Å²) in [6.07, 6.45) is 0.336. The fourth-order valence-corrected chi connectivity index (χ4v) is 3.61. The minimum Gasteiger partial charge on any atom is -0.497 e. The van der Waals surface area contributed by atoms with Gasteiger partial charge in [-0.2, -0.15) is 4.98 Å². The van der Waals surface area contributed by atoms with Crippen LogP contribution in [0.5, 0.6) is 11.5 Å². The van der Waals surface area contributed by atoms with Gasteiger partial charge in [-0.25, -0.2) is 0 Å². The van der Waals surface area contributed by atoms with E-state index in [0.29, 0.717) is 53.3 Å². The zero-order chi connectivity index (χ0) is 20.4. The van der Waals surface area contributed by atoms with Gasteiger partial charge in [-0.05, 0) is 23.8 Å². The molecule has 1 aliphatic heterocycles. The van der Waals surface area contributed by atoms with Crippen LogP contribution in [0, 0.1) is 0 Å². The summed E-state index contributed by atoms with van der Waals surface area (Å²) >= 11 is 6.23. The lowest BCUT2D eigenvalue weighted by molar-refractivity contribution is -0.128. The van der Waals surface area contributed by atoms with E-state index in [1.807, 2.05) is 24.3 Å². The Hall–Kier alpha value is -3.06. The fourth-order valence-electron chi connectivity index (χ4n) is 3.42. The number of halogens is 1. The van der Waals surface area contributed by atoms with E-state index in [9.17, 15) is 4.79 Å². The van der Waals surface area contributed by atoms with Gasteiger partial charge < -0.3 is 18.9 Å². The number of methoxy groups -OCH3 is 2. The van der Waals surface area contributed by atoms with Gasteiger partial charge in [0.1, 0.15) is 11.5 Å². The second-order valence-electron chi connectivity index (χ2n) is 6.79. The van der Waals surface area contributed by atoms with Crippen molar-refractivity contribution < 1.29 is 18.8 Å². The Balaban J connectivity index is 1.52. The molecule has 3 aromatic rings. The molecule has 0 N–H and O–H groups in total. The van der Waals surface area contributed by atoms with Crippen LogP contribution in [-0.2, 0) is 11.3 Å². The van der Waals surface area contributed by atoms with Gasteiger partial charge in [0.15, 0.2) is 5.82 Å². The van der Waals surface area contributed by atoms with Gasteiger partial charge in [-0.3, -0.25) is 4.79 Å². The number of nitrogens with zero attached hydrogens (tertiary/aromatic N) is 3. The molecule has 29 heavy (non-hydrogen) atoms. The Morgan fingerprint density at radius 1 is 1.21 bits per heavy atom. The molecule has 1 atom stereocenters. The van der Waals surface area contributed by atoms with Crippen molar-refractivity contribution in [2.75, 3.05) is 20.8 Å². The number of ether oxygens (including phenoxy) is 2. The molecule has 0 saturated carbocycles. The van der Waals surface area contributed by atoms with Crippen LogP contribution in [0.3, 0.4) is 0 Å². The number of benzene rings is 2. The standard InChI is InChI=1S/C21H20ClN3O4/c1-27-15-7-8-16(18(10-15)28-2)21-23-20(24-29-21)14-9-19(26)25(12-14)11-13-5-3-4-6-17(13)22/h3-8,10,14H,9,11-12H2,1-2H3. The molecule has 0 radical (unpaired) electrons. The number of hydrogen-bond donors (Lipinski definition) is 0. The van der Waals surface area contributed by atoms with Crippen molar-refractivity contribution in [1.29, 1.82) is 0 Å². The molecule has 2 heterocycles. The fraction of sp³-hybridized carbons (Fsp3) is 0.286. The Morgan fingerprint density at radius 2 is 2.03 bits per heavy atom. The number of hydrogen-bond acceptors (Lipinski definition) is 6. The van der Waals surface area contributed by atoms with Gasteiger partial charge in [-0.1, -0.05) is 35.0 Å². The molecule has 1 unspecified atom stereocenters. The highest BCUT2D eigenvalue weighted by molar-refractivity contribution is 6.31. The molecule has 0 bridgehead atoms. The minimum atomic E-state index is -0.133. The van der Waals surface area contributed by atoms with Crippen LogP contribution >= 0.6 is 11.6 Å². The van der Waals surface area contributed by atoms with Gasteiger partial charge in [0.2, 0.25) is 5.91 Å². The molecule has 1 aromatic heterocycles. The van der Waals surface area contributed by atoms with E-state index >= 15 is 0 Å². The number of carbonyl (C=O) groups excluding carboxylic acids is 1. The van der Waals surface area contributed by atoms with Gasteiger partial charge in [0.25, 0.3) is 5.89 Å². The molecule has 8 heteroatoms. The highest BCUT2D eigenvalue weighted by Gasteiger charge is 2.34. The third-order valence-electron chi connectivity index (χ3n) is 4.98. The molecular formula is C21H20ClN3O4. The predicted octanol–water partition coefficient (Wildman–Crippen LogP) is 3.92. The molecule has 1 amide bonds. The highest BCUT2D eigenvalue weighted by Crippen LogP contribution is 2.34. The van der Waals surface area contributed by atoms with Crippen LogP contribution in [-0.4, -0.2) is 41.7 Å². The normalized spacial score (nSPS) is 16.3. The zero-order valence-corrected chi connectivity index (χ0v) is 16.8. The van der Waals surface area contributed by atoms with Crippen molar-refractivity contribution in [2.24, 2.45) is 0 Å². The maximum atomic E-state index is 12.5. The van der Waals surface area contributed by atoms with Crippen molar-refractivity contribution in [3.8, 4) is 23.0 Å². The Kier molecular flexibility index (Phi) is 5.40. The monoisotopic (exact) mass is 413 g/mol. The first-order chi connectivity index (χ1) is 14.1. The molecule has 1 fully saturated rings. The van der Waals surface area contributed by atoms with Crippen LogP contribution in [0.15, 0.2) is 47.0 Å². The summed E-state index contributed by atoms with van der Waals surface area (Å²) in [5, 5.41) is 4.76. The lowest BCUT2D eigenvalue weighted by Gasteiger charge is -2.16. The average Bonchev–Trinajstić information content (AvgIpc) is 3.36. The van der Waals surface area contributed by atoms with E-state index in [0.717, 1.165) is 5.56 Å². The second-order valence-corrected chi connectivity index (χ2v) is 7.20. The van der Waals surface area contributed by atoms with E-state index in [1.54, 1.807) is 37.3 Å². The molecule has 1 saturated heterocycles. The van der Waals surface area contributed by atoms with Crippen LogP contribution < -0.4 is 9.47 Å². The first-order valence-electron chi connectivity index (χ1n) is 9.16. The largest absolute Gasteiger partial charge is 0.497 e. The quantitative estimate of drug-likeness (QED) is 0.609. The third-order valence-corrected chi connectivity index (χ3v) is 5.35. The smallest absolute Gasteiger partial charge is 0.261 e. The minimum absolute atomic E-state index is 0.0447. The lowest BCUT2D eigenvalue weighted by Crippen LogP contribution is -2.24. The summed E-state index contributed by atoms with van der Waals surface area (Å²) in [5.74, 6) is 2.00. The van der Waals surface area contributed by atoms with Crippen molar-refractivity contribution in [3.63, 3.8) is 0 Å². The summed E-state index contributed by atoms with van der Waals surface area (Å²) in [6, 6.07) is 12.9. The summed E-state index contributed by atoms with van der Waals surface area (Å²) in [6.45, 7) is 0.981. The van der Waals surface area contributed by atoms with E-state index in [-0.39, 0.29) is 11.8 Å². The van der Waals surface area contributed by atoms with Gasteiger partial charge >= 0.3 is 0 Å². The summed E-state index contributed by atoms with van der Waals surface area (Å²) in [5.41, 5.74) is 1.59. The highest BCUT2D eigenvalue weighted by atomic mass is 35.5. The topological polar surface area (TPSA) is 77.7 Å². The van der Waals surface area contributed by atoms with Crippen molar-refractivity contribution in [2.45, 2.75) is 18.9 Å². The first-order valence-corrected chi connectivity index (χ1v) is 9.54. The van der Waals surface area contributed by atoms with E-state index in [2.05, 4.69) is 10.1 Å². The summed E-state index contributed by atoms with van der Waals surface area (Å²) < 4.78 is 16.1. The molecule has 2 aromatic carbocycles. The number of aromatic nitrogens is 2. The molecule has 1 aliphatic rings. The van der Waals surface area contributed by atoms with Crippen molar-refractivity contribution in [1.82, 2.24) is 15.0 Å². The van der Waals surface area contributed by atoms with E-state index < -0.39 is 0 Å². The molecule has 0 spiro atoms. The third kappa shape index (κ3) is 3.91. The second kappa shape index (κ2) is 8.13. The van der Waals surface area contributed by atoms with Crippen molar-refractivity contribution >= 4 is 17.5 Å².